The molecule has 6 heteroatoms. The Bertz CT molecular complexity index is 472. The van der Waals surface area contributed by atoms with Crippen LogP contribution in [0.2, 0.25) is 0 Å². The Morgan fingerprint density at radius 1 is 1.36 bits per heavy atom. The first-order chi connectivity index (χ1) is 6.58. The van der Waals surface area contributed by atoms with Crippen molar-refractivity contribution in [1.82, 2.24) is 19.6 Å². The van der Waals surface area contributed by atoms with Crippen molar-refractivity contribution in [2.24, 2.45) is 0 Å². The number of rotatable bonds is 1. The van der Waals surface area contributed by atoms with Gasteiger partial charge in [0.15, 0.2) is 5.65 Å². The standard InChI is InChI=1S/C8H12N6/c1-5-4-6-11-7(9)12-14(6)8(10-5)13(2)3/h4H,1-3H3,(H2,9,12). The van der Waals surface area contributed by atoms with E-state index < -0.39 is 0 Å². The van der Waals surface area contributed by atoms with Crippen LogP contribution in [0, 0.1) is 6.92 Å². The molecule has 2 aromatic rings. The Kier molecular flexibility index (Phi) is 1.77. The van der Waals surface area contributed by atoms with E-state index in [4.69, 9.17) is 5.73 Å². The number of nitrogen functional groups attached to an aromatic ring is 1. The highest BCUT2D eigenvalue weighted by atomic mass is 15.4. The van der Waals surface area contributed by atoms with Crippen LogP contribution in [0.4, 0.5) is 11.9 Å². The van der Waals surface area contributed by atoms with Crippen LogP contribution < -0.4 is 10.6 Å². The van der Waals surface area contributed by atoms with Gasteiger partial charge in [0.2, 0.25) is 11.9 Å². The summed E-state index contributed by atoms with van der Waals surface area (Å²) in [5.41, 5.74) is 7.14. The van der Waals surface area contributed by atoms with Crippen LogP contribution in [0.25, 0.3) is 5.65 Å². The van der Waals surface area contributed by atoms with Crippen molar-refractivity contribution in [3.63, 3.8) is 0 Å². The van der Waals surface area contributed by atoms with E-state index >= 15 is 0 Å². The fourth-order valence-corrected chi connectivity index (χ4v) is 1.30. The van der Waals surface area contributed by atoms with Crippen molar-refractivity contribution in [3.05, 3.63) is 11.8 Å². The highest BCUT2D eigenvalue weighted by molar-refractivity contribution is 5.49. The summed E-state index contributed by atoms with van der Waals surface area (Å²) in [6, 6.07) is 1.84. The predicted molar refractivity (Wildman–Crippen MR) is 54.3 cm³/mol. The molecule has 6 nitrogen and oxygen atoms in total. The number of hydrogen-bond donors (Lipinski definition) is 1. The highest BCUT2D eigenvalue weighted by Gasteiger charge is 2.08. The van der Waals surface area contributed by atoms with Crippen molar-refractivity contribution >= 4 is 17.5 Å². The van der Waals surface area contributed by atoms with Crippen LogP contribution in [0.5, 0.6) is 0 Å². The summed E-state index contributed by atoms with van der Waals surface area (Å²) in [4.78, 5) is 10.3. The van der Waals surface area contributed by atoms with Gasteiger partial charge in [-0.25, -0.2) is 4.98 Å². The first-order valence-electron chi connectivity index (χ1n) is 4.25. The molecular weight excluding hydrogens is 180 g/mol. The maximum atomic E-state index is 5.52. The monoisotopic (exact) mass is 192 g/mol. The molecule has 14 heavy (non-hydrogen) atoms. The molecule has 2 N–H and O–H groups in total. The Morgan fingerprint density at radius 2 is 2.07 bits per heavy atom. The topological polar surface area (TPSA) is 72.3 Å². The second kappa shape index (κ2) is 2.83. The third-order valence-electron chi connectivity index (χ3n) is 1.85. The summed E-state index contributed by atoms with van der Waals surface area (Å²) < 4.78 is 1.63. The van der Waals surface area contributed by atoms with Gasteiger partial charge in [0.25, 0.3) is 0 Å². The first kappa shape index (κ1) is 8.74. The van der Waals surface area contributed by atoms with Crippen molar-refractivity contribution < 1.29 is 0 Å². The number of aromatic nitrogens is 4. The van der Waals surface area contributed by atoms with Crippen molar-refractivity contribution in [2.75, 3.05) is 24.7 Å². The normalized spacial score (nSPS) is 10.8. The molecular formula is C8H12N6. The lowest BCUT2D eigenvalue weighted by Gasteiger charge is -2.12. The molecule has 2 heterocycles. The molecule has 0 amide bonds. The zero-order valence-corrected chi connectivity index (χ0v) is 8.39. The average Bonchev–Trinajstić information content (AvgIpc) is 2.42. The molecule has 0 fully saturated rings. The molecule has 0 atom stereocenters. The summed E-state index contributed by atoms with van der Waals surface area (Å²) in [6.45, 7) is 1.91. The Hall–Kier alpha value is -1.85. The molecule has 0 aliphatic rings. The van der Waals surface area contributed by atoms with Crippen LogP contribution in [0.3, 0.4) is 0 Å². The van der Waals surface area contributed by atoms with Crippen LogP contribution in [-0.4, -0.2) is 33.7 Å². The smallest absolute Gasteiger partial charge is 0.240 e. The zero-order valence-electron chi connectivity index (χ0n) is 8.39. The molecule has 0 radical (unpaired) electrons. The number of nitrogens with zero attached hydrogens (tertiary/aromatic N) is 5. The fourth-order valence-electron chi connectivity index (χ4n) is 1.30. The van der Waals surface area contributed by atoms with E-state index in [1.54, 1.807) is 4.52 Å². The van der Waals surface area contributed by atoms with Crippen LogP contribution >= 0.6 is 0 Å². The van der Waals surface area contributed by atoms with Crippen molar-refractivity contribution in [2.45, 2.75) is 6.92 Å². The molecule has 0 aliphatic carbocycles. The Morgan fingerprint density at radius 3 is 2.71 bits per heavy atom. The minimum atomic E-state index is 0.264. The summed E-state index contributed by atoms with van der Waals surface area (Å²) in [6.07, 6.45) is 0. The van der Waals surface area contributed by atoms with E-state index in [1.807, 2.05) is 32.0 Å². The van der Waals surface area contributed by atoms with Crippen LogP contribution in [0.1, 0.15) is 5.69 Å². The molecule has 0 saturated heterocycles. The summed E-state index contributed by atoms with van der Waals surface area (Å²) in [5, 5.41) is 4.05. The molecule has 0 aliphatic heterocycles. The Balaban J connectivity index is 2.79. The Labute approximate surface area is 81.4 Å². The van der Waals surface area contributed by atoms with Gasteiger partial charge in [0, 0.05) is 25.9 Å². The third-order valence-corrected chi connectivity index (χ3v) is 1.85. The van der Waals surface area contributed by atoms with Crippen LogP contribution in [-0.2, 0) is 0 Å². The zero-order chi connectivity index (χ0) is 10.3. The number of hydrogen-bond acceptors (Lipinski definition) is 5. The molecule has 2 aromatic heterocycles. The number of fused-ring (bicyclic) bond motifs is 1. The largest absolute Gasteiger partial charge is 0.366 e. The number of anilines is 2. The fraction of sp³-hybridized carbons (Fsp3) is 0.375. The molecule has 0 bridgehead atoms. The molecule has 0 unspecified atom stereocenters. The van der Waals surface area contributed by atoms with Gasteiger partial charge in [-0.05, 0) is 6.92 Å². The first-order valence-corrected chi connectivity index (χ1v) is 4.25. The van der Waals surface area contributed by atoms with E-state index in [2.05, 4.69) is 15.1 Å². The maximum Gasteiger partial charge on any atom is 0.240 e. The van der Waals surface area contributed by atoms with Gasteiger partial charge in [-0.15, -0.1) is 5.10 Å². The quantitative estimate of drug-likeness (QED) is 0.692. The molecule has 0 saturated carbocycles. The lowest BCUT2D eigenvalue weighted by atomic mass is 10.4. The minimum Gasteiger partial charge on any atom is -0.366 e. The summed E-state index contributed by atoms with van der Waals surface area (Å²) >= 11 is 0. The highest BCUT2D eigenvalue weighted by Crippen LogP contribution is 2.12. The van der Waals surface area contributed by atoms with Gasteiger partial charge in [0.1, 0.15) is 0 Å². The van der Waals surface area contributed by atoms with Gasteiger partial charge < -0.3 is 10.6 Å². The molecule has 74 valence electrons. The molecule has 0 aromatic carbocycles. The third kappa shape index (κ3) is 1.24. The van der Waals surface area contributed by atoms with Crippen molar-refractivity contribution in [1.29, 1.82) is 0 Å². The SMILES string of the molecule is Cc1cc2nc(N)nn2c(N(C)C)n1. The van der Waals surface area contributed by atoms with E-state index in [1.165, 1.54) is 0 Å². The van der Waals surface area contributed by atoms with Gasteiger partial charge >= 0.3 is 0 Å². The predicted octanol–water partition coefficient (Wildman–Crippen LogP) is 0.0809. The second-order valence-electron chi connectivity index (χ2n) is 3.33. The number of nitrogens with two attached hydrogens (primary N) is 1. The lowest BCUT2D eigenvalue weighted by molar-refractivity contribution is 0.865. The number of aryl methyl sites for hydroxylation is 1. The van der Waals surface area contributed by atoms with Crippen LogP contribution in [0.15, 0.2) is 6.07 Å². The van der Waals surface area contributed by atoms with Crippen molar-refractivity contribution in [3.8, 4) is 0 Å². The lowest BCUT2D eigenvalue weighted by Crippen LogP contribution is -2.16. The van der Waals surface area contributed by atoms with E-state index in [0.29, 0.717) is 0 Å². The summed E-state index contributed by atoms with van der Waals surface area (Å²) in [7, 11) is 3.80. The van der Waals surface area contributed by atoms with Gasteiger partial charge in [-0.1, -0.05) is 0 Å². The minimum absolute atomic E-state index is 0.264. The van der Waals surface area contributed by atoms with E-state index in [-0.39, 0.29) is 5.95 Å². The second-order valence-corrected chi connectivity index (χ2v) is 3.33. The van der Waals surface area contributed by atoms with Gasteiger partial charge in [0.05, 0.1) is 0 Å². The van der Waals surface area contributed by atoms with E-state index in [0.717, 1.165) is 17.3 Å². The molecule has 0 spiro atoms. The van der Waals surface area contributed by atoms with Gasteiger partial charge in [-0.2, -0.15) is 9.50 Å². The van der Waals surface area contributed by atoms with Gasteiger partial charge in [-0.3, -0.25) is 0 Å². The maximum absolute atomic E-state index is 5.52. The molecule has 2 rings (SSSR count). The summed E-state index contributed by atoms with van der Waals surface area (Å²) in [5.74, 6) is 0.990. The van der Waals surface area contributed by atoms with E-state index in [9.17, 15) is 0 Å². The average molecular weight is 192 g/mol.